The number of carbonyl (C=O) groups is 1. The van der Waals surface area contributed by atoms with E-state index in [-0.39, 0.29) is 11.1 Å². The Morgan fingerprint density at radius 3 is 2.82 bits per heavy atom. The number of benzene rings is 1. The summed E-state index contributed by atoms with van der Waals surface area (Å²) in [7, 11) is 1.71. The Bertz CT molecular complexity index is 631. The van der Waals surface area contributed by atoms with Gasteiger partial charge in [0.25, 0.3) is 5.91 Å². The third kappa shape index (κ3) is 1.91. The Hall–Kier alpha value is -2.17. The molecule has 0 bridgehead atoms. The van der Waals surface area contributed by atoms with E-state index in [0.717, 1.165) is 0 Å². The summed E-state index contributed by atoms with van der Waals surface area (Å²) in [5.41, 5.74) is 0.322. The summed E-state index contributed by atoms with van der Waals surface area (Å²) in [5.74, 6) is -0.432. The Morgan fingerprint density at radius 1 is 1.41 bits per heavy atom. The van der Waals surface area contributed by atoms with E-state index in [9.17, 15) is 9.59 Å². The number of hydrogen-bond acceptors (Lipinski definition) is 3. The van der Waals surface area contributed by atoms with Crippen molar-refractivity contribution in [1.82, 2.24) is 15.1 Å². The topological polar surface area (TPSA) is 64.0 Å². The lowest BCUT2D eigenvalue weighted by Crippen LogP contribution is -2.31. The van der Waals surface area contributed by atoms with Crippen molar-refractivity contribution in [2.45, 2.75) is 6.92 Å². The predicted octanol–water partition coefficient (Wildman–Crippen LogP) is 0.683. The highest BCUT2D eigenvalue weighted by atomic mass is 16.2. The number of nitrogens with one attached hydrogen (secondary N) is 1. The summed E-state index contributed by atoms with van der Waals surface area (Å²) in [4.78, 5) is 23.7. The maximum absolute atomic E-state index is 12.1. The summed E-state index contributed by atoms with van der Waals surface area (Å²) in [6.07, 6.45) is 0. The quantitative estimate of drug-likeness (QED) is 0.826. The van der Waals surface area contributed by atoms with E-state index in [1.54, 1.807) is 36.9 Å². The molecule has 0 aliphatic carbocycles. The number of carbonyl (C=O) groups excluding carboxylic acids is 1. The molecule has 0 saturated carbocycles. The second kappa shape index (κ2) is 4.37. The number of fused-ring (bicyclic) bond motifs is 1. The number of hydrogen-bond donors (Lipinski definition) is 1. The Labute approximate surface area is 98.1 Å². The summed E-state index contributed by atoms with van der Waals surface area (Å²) in [6, 6.07) is 7.09. The minimum absolute atomic E-state index is 0.0620. The highest BCUT2D eigenvalue weighted by Crippen LogP contribution is 2.07. The molecule has 1 N–H and O–H groups in total. The van der Waals surface area contributed by atoms with E-state index in [1.165, 1.54) is 0 Å². The number of para-hydroxylation sites is 1. The van der Waals surface area contributed by atoms with Gasteiger partial charge in [-0.1, -0.05) is 12.1 Å². The van der Waals surface area contributed by atoms with Crippen LogP contribution in [-0.2, 0) is 7.05 Å². The third-order valence-electron chi connectivity index (χ3n) is 2.51. The second-order valence-corrected chi connectivity index (χ2v) is 3.68. The first-order chi connectivity index (χ1) is 8.15. The highest BCUT2D eigenvalue weighted by Gasteiger charge is 2.14. The second-order valence-electron chi connectivity index (χ2n) is 3.68. The summed E-state index contributed by atoms with van der Waals surface area (Å²) in [6.45, 7) is 2.26. The van der Waals surface area contributed by atoms with Crippen LogP contribution in [0, 0.1) is 0 Å². The molecule has 0 radical (unpaired) electrons. The molecular weight excluding hydrogens is 218 g/mol. The Kier molecular flexibility index (Phi) is 2.91. The third-order valence-corrected chi connectivity index (χ3v) is 2.51. The van der Waals surface area contributed by atoms with Crippen molar-refractivity contribution in [3.8, 4) is 0 Å². The zero-order valence-corrected chi connectivity index (χ0v) is 9.73. The van der Waals surface area contributed by atoms with Crippen molar-refractivity contribution < 1.29 is 4.79 Å². The standard InChI is InChI=1S/C12H13N3O2/c1-3-13-12(17)10-11(16)8-6-4-5-7-9(8)15(2)14-10/h4-7H,3H2,1-2H3,(H,13,17). The first-order valence-corrected chi connectivity index (χ1v) is 5.39. The predicted molar refractivity (Wildman–Crippen MR) is 65.0 cm³/mol. The molecule has 0 saturated heterocycles. The molecule has 5 heteroatoms. The lowest BCUT2D eigenvalue weighted by Gasteiger charge is -2.07. The average Bonchev–Trinajstić information content (AvgIpc) is 2.34. The summed E-state index contributed by atoms with van der Waals surface area (Å²) >= 11 is 0. The molecule has 0 atom stereocenters. The van der Waals surface area contributed by atoms with E-state index in [2.05, 4.69) is 10.4 Å². The van der Waals surface area contributed by atoms with Crippen molar-refractivity contribution in [1.29, 1.82) is 0 Å². The largest absolute Gasteiger partial charge is 0.351 e. The van der Waals surface area contributed by atoms with Gasteiger partial charge in [0.1, 0.15) is 0 Å². The van der Waals surface area contributed by atoms with Crippen molar-refractivity contribution in [3.63, 3.8) is 0 Å². The molecule has 1 aromatic heterocycles. The van der Waals surface area contributed by atoms with Crippen molar-refractivity contribution in [2.24, 2.45) is 7.05 Å². The SMILES string of the molecule is CCNC(=O)c1nn(C)c2ccccc2c1=O. The van der Waals surface area contributed by atoms with E-state index in [0.29, 0.717) is 17.4 Å². The normalized spacial score (nSPS) is 10.5. The van der Waals surface area contributed by atoms with E-state index in [4.69, 9.17) is 0 Å². The number of amides is 1. The van der Waals surface area contributed by atoms with Crippen LogP contribution in [0.2, 0.25) is 0 Å². The molecule has 0 aliphatic heterocycles. The van der Waals surface area contributed by atoms with Gasteiger partial charge in [0.05, 0.1) is 5.52 Å². The van der Waals surface area contributed by atoms with Crippen LogP contribution >= 0.6 is 0 Å². The van der Waals surface area contributed by atoms with Gasteiger partial charge in [-0.2, -0.15) is 5.10 Å². The van der Waals surface area contributed by atoms with Gasteiger partial charge in [0.15, 0.2) is 5.69 Å². The fraction of sp³-hybridized carbons (Fsp3) is 0.250. The molecule has 0 aliphatic rings. The van der Waals surface area contributed by atoms with Crippen LogP contribution in [0.3, 0.4) is 0 Å². The highest BCUT2D eigenvalue weighted by molar-refractivity contribution is 5.95. The molecule has 5 nitrogen and oxygen atoms in total. The van der Waals surface area contributed by atoms with Gasteiger partial charge >= 0.3 is 0 Å². The first kappa shape index (κ1) is 11.3. The van der Waals surface area contributed by atoms with Gasteiger partial charge in [0, 0.05) is 19.0 Å². The summed E-state index contributed by atoms with van der Waals surface area (Å²) in [5, 5.41) is 7.10. The van der Waals surface area contributed by atoms with Crippen molar-refractivity contribution >= 4 is 16.8 Å². The Balaban J connectivity index is 2.71. The van der Waals surface area contributed by atoms with E-state index in [1.807, 2.05) is 6.07 Å². The van der Waals surface area contributed by atoms with Gasteiger partial charge in [-0.25, -0.2) is 0 Å². The molecule has 2 rings (SSSR count). The lowest BCUT2D eigenvalue weighted by molar-refractivity contribution is 0.0948. The molecule has 17 heavy (non-hydrogen) atoms. The Morgan fingerprint density at radius 2 is 2.12 bits per heavy atom. The van der Waals surface area contributed by atoms with Crippen molar-refractivity contribution in [2.75, 3.05) is 6.54 Å². The van der Waals surface area contributed by atoms with Crippen LogP contribution in [0.4, 0.5) is 0 Å². The number of nitrogens with zero attached hydrogens (tertiary/aromatic N) is 2. The molecule has 88 valence electrons. The maximum atomic E-state index is 12.1. The van der Waals surface area contributed by atoms with Gasteiger partial charge < -0.3 is 5.32 Å². The molecular formula is C12H13N3O2. The van der Waals surface area contributed by atoms with Crippen LogP contribution in [0.5, 0.6) is 0 Å². The van der Waals surface area contributed by atoms with Gasteiger partial charge in [0.2, 0.25) is 5.43 Å². The molecule has 1 heterocycles. The zero-order chi connectivity index (χ0) is 12.4. The average molecular weight is 231 g/mol. The van der Waals surface area contributed by atoms with Gasteiger partial charge in [-0.3, -0.25) is 14.3 Å². The molecule has 0 unspecified atom stereocenters. The smallest absolute Gasteiger partial charge is 0.275 e. The minimum atomic E-state index is -0.432. The molecule has 1 aromatic carbocycles. The van der Waals surface area contributed by atoms with Crippen LogP contribution in [0.25, 0.3) is 10.9 Å². The van der Waals surface area contributed by atoms with Gasteiger partial charge in [-0.15, -0.1) is 0 Å². The summed E-state index contributed by atoms with van der Waals surface area (Å²) < 4.78 is 1.54. The van der Waals surface area contributed by atoms with E-state index < -0.39 is 5.91 Å². The maximum Gasteiger partial charge on any atom is 0.275 e. The number of aryl methyl sites for hydroxylation is 1. The fourth-order valence-electron chi connectivity index (χ4n) is 1.72. The number of rotatable bonds is 2. The van der Waals surface area contributed by atoms with Crippen LogP contribution in [0.1, 0.15) is 17.4 Å². The molecule has 1 amide bonds. The van der Waals surface area contributed by atoms with Crippen LogP contribution < -0.4 is 10.7 Å². The molecule has 2 aromatic rings. The lowest BCUT2D eigenvalue weighted by atomic mass is 10.2. The van der Waals surface area contributed by atoms with Gasteiger partial charge in [-0.05, 0) is 19.1 Å². The monoisotopic (exact) mass is 231 g/mol. The number of aromatic nitrogens is 2. The van der Waals surface area contributed by atoms with E-state index >= 15 is 0 Å². The first-order valence-electron chi connectivity index (χ1n) is 5.39. The van der Waals surface area contributed by atoms with Crippen LogP contribution in [-0.4, -0.2) is 22.2 Å². The minimum Gasteiger partial charge on any atom is -0.351 e. The van der Waals surface area contributed by atoms with Crippen molar-refractivity contribution in [3.05, 3.63) is 40.2 Å². The molecule has 0 fully saturated rings. The zero-order valence-electron chi connectivity index (χ0n) is 9.73. The fourth-order valence-corrected chi connectivity index (χ4v) is 1.72. The van der Waals surface area contributed by atoms with Crippen LogP contribution in [0.15, 0.2) is 29.1 Å². The molecule has 0 spiro atoms.